The molecule has 0 radical (unpaired) electrons. The lowest BCUT2D eigenvalue weighted by Crippen LogP contribution is -2.53. The monoisotopic (exact) mass is 507 g/mol. The molecule has 2 N–H and O–H groups in total. The molecule has 1 amide bonds. The maximum atomic E-state index is 12.4. The summed E-state index contributed by atoms with van der Waals surface area (Å²) >= 11 is 0. The molecule has 1 aromatic carbocycles. The standard InChI is InChI=1S/C21H25N5O2.HI/c1-22-21(23-9-8-16-15-24-18-6-3-2-5-17(16)18)26-12-10-25(11-13-26)20(27)19-7-4-14-28-19;/h2-7,14-15,24H,8-13H2,1H3,(H,22,23);1H. The van der Waals surface area contributed by atoms with E-state index in [9.17, 15) is 4.79 Å². The van der Waals surface area contributed by atoms with Crippen molar-refractivity contribution in [3.63, 3.8) is 0 Å². The Labute approximate surface area is 187 Å². The van der Waals surface area contributed by atoms with E-state index in [1.807, 2.05) is 11.0 Å². The van der Waals surface area contributed by atoms with Crippen LogP contribution in [0.4, 0.5) is 0 Å². The molecule has 1 fully saturated rings. The lowest BCUT2D eigenvalue weighted by atomic mass is 10.1. The number of carbonyl (C=O) groups excluding carboxylic acids is 1. The van der Waals surface area contributed by atoms with Gasteiger partial charge in [0.15, 0.2) is 11.7 Å². The normalized spacial score (nSPS) is 14.7. The number of carbonyl (C=O) groups is 1. The summed E-state index contributed by atoms with van der Waals surface area (Å²) in [5.41, 5.74) is 2.46. The smallest absolute Gasteiger partial charge is 0.289 e. The number of aliphatic imine (C=N–C) groups is 1. The molecule has 7 nitrogen and oxygen atoms in total. The van der Waals surface area contributed by atoms with Crippen LogP contribution < -0.4 is 5.32 Å². The number of benzene rings is 1. The first kappa shape index (κ1) is 21.2. The van der Waals surface area contributed by atoms with Gasteiger partial charge in [-0.15, -0.1) is 24.0 Å². The molecule has 29 heavy (non-hydrogen) atoms. The Kier molecular flexibility index (Phi) is 7.18. The molecular formula is C21H26IN5O2. The van der Waals surface area contributed by atoms with Gasteiger partial charge in [-0.1, -0.05) is 18.2 Å². The molecule has 1 aliphatic heterocycles. The molecule has 3 heterocycles. The van der Waals surface area contributed by atoms with Crippen LogP contribution >= 0.6 is 24.0 Å². The highest BCUT2D eigenvalue weighted by Crippen LogP contribution is 2.17. The second-order valence-electron chi connectivity index (χ2n) is 6.84. The zero-order valence-electron chi connectivity index (χ0n) is 16.4. The van der Waals surface area contributed by atoms with Crippen LogP contribution in [-0.2, 0) is 6.42 Å². The summed E-state index contributed by atoms with van der Waals surface area (Å²) in [6.45, 7) is 3.61. The van der Waals surface area contributed by atoms with Gasteiger partial charge in [0, 0.05) is 56.9 Å². The van der Waals surface area contributed by atoms with E-state index in [1.165, 1.54) is 22.7 Å². The maximum absolute atomic E-state index is 12.4. The SMILES string of the molecule is CN=C(NCCc1c[nH]c2ccccc12)N1CCN(C(=O)c2ccco2)CC1.I. The lowest BCUT2D eigenvalue weighted by molar-refractivity contribution is 0.0658. The van der Waals surface area contributed by atoms with Gasteiger partial charge in [0.25, 0.3) is 5.91 Å². The van der Waals surface area contributed by atoms with Gasteiger partial charge in [-0.25, -0.2) is 0 Å². The number of aromatic amines is 1. The minimum absolute atomic E-state index is 0. The topological polar surface area (TPSA) is 76.9 Å². The number of hydrogen-bond donors (Lipinski definition) is 2. The fourth-order valence-electron chi connectivity index (χ4n) is 3.66. The van der Waals surface area contributed by atoms with Crippen LogP contribution in [0.2, 0.25) is 0 Å². The van der Waals surface area contributed by atoms with Crippen molar-refractivity contribution >= 4 is 46.7 Å². The molecular weight excluding hydrogens is 481 g/mol. The maximum Gasteiger partial charge on any atom is 0.289 e. The van der Waals surface area contributed by atoms with Crippen molar-refractivity contribution in [2.45, 2.75) is 6.42 Å². The minimum Gasteiger partial charge on any atom is -0.459 e. The van der Waals surface area contributed by atoms with Crippen LogP contribution in [0.15, 0.2) is 58.3 Å². The summed E-state index contributed by atoms with van der Waals surface area (Å²) in [7, 11) is 1.80. The Morgan fingerprint density at radius 3 is 2.62 bits per heavy atom. The average molecular weight is 507 g/mol. The highest BCUT2D eigenvalue weighted by atomic mass is 127. The molecule has 154 valence electrons. The first-order valence-electron chi connectivity index (χ1n) is 9.59. The van der Waals surface area contributed by atoms with Crippen LogP contribution in [0.25, 0.3) is 10.9 Å². The molecule has 0 atom stereocenters. The largest absolute Gasteiger partial charge is 0.459 e. The van der Waals surface area contributed by atoms with Crippen molar-refractivity contribution in [2.75, 3.05) is 39.8 Å². The molecule has 0 bridgehead atoms. The van der Waals surface area contributed by atoms with E-state index in [0.717, 1.165) is 32.0 Å². The quantitative estimate of drug-likeness (QED) is 0.324. The number of piperazine rings is 1. The molecule has 0 unspecified atom stereocenters. The number of furan rings is 1. The number of aromatic nitrogens is 1. The number of H-pyrrole nitrogens is 1. The Hall–Kier alpha value is -2.49. The van der Waals surface area contributed by atoms with Crippen LogP contribution in [0.5, 0.6) is 0 Å². The third-order valence-corrected chi connectivity index (χ3v) is 5.16. The Bertz CT molecular complexity index is 959. The van der Waals surface area contributed by atoms with Gasteiger partial charge >= 0.3 is 0 Å². The van der Waals surface area contributed by atoms with Gasteiger partial charge < -0.3 is 24.5 Å². The molecule has 4 rings (SSSR count). The van der Waals surface area contributed by atoms with E-state index in [-0.39, 0.29) is 29.9 Å². The fourth-order valence-corrected chi connectivity index (χ4v) is 3.66. The second-order valence-corrected chi connectivity index (χ2v) is 6.84. The number of para-hydroxylation sites is 1. The van der Waals surface area contributed by atoms with Crippen molar-refractivity contribution in [2.24, 2.45) is 4.99 Å². The number of guanidine groups is 1. The van der Waals surface area contributed by atoms with Crippen LogP contribution in [-0.4, -0.2) is 66.4 Å². The van der Waals surface area contributed by atoms with E-state index in [2.05, 4.69) is 44.6 Å². The number of nitrogens with one attached hydrogen (secondary N) is 2. The van der Waals surface area contributed by atoms with Crippen molar-refractivity contribution in [3.05, 3.63) is 60.2 Å². The molecule has 3 aromatic rings. The number of halogens is 1. The van der Waals surface area contributed by atoms with Crippen LogP contribution in [0.3, 0.4) is 0 Å². The highest BCUT2D eigenvalue weighted by molar-refractivity contribution is 14.0. The number of amides is 1. The van der Waals surface area contributed by atoms with Gasteiger partial charge in [0.2, 0.25) is 0 Å². The molecule has 0 aliphatic carbocycles. The molecule has 0 saturated carbocycles. The van der Waals surface area contributed by atoms with Crippen molar-refractivity contribution in [1.29, 1.82) is 0 Å². The van der Waals surface area contributed by atoms with Crippen molar-refractivity contribution in [3.8, 4) is 0 Å². The average Bonchev–Trinajstić information content (AvgIpc) is 3.41. The van der Waals surface area contributed by atoms with Crippen LogP contribution in [0.1, 0.15) is 16.1 Å². The van der Waals surface area contributed by atoms with Gasteiger partial charge in [-0.3, -0.25) is 9.79 Å². The van der Waals surface area contributed by atoms with Crippen LogP contribution in [0, 0.1) is 0 Å². The third kappa shape index (κ3) is 4.75. The summed E-state index contributed by atoms with van der Waals surface area (Å²) in [5.74, 6) is 1.23. The summed E-state index contributed by atoms with van der Waals surface area (Å²) in [5, 5.41) is 4.72. The fraction of sp³-hybridized carbons (Fsp3) is 0.333. The molecule has 1 aliphatic rings. The van der Waals surface area contributed by atoms with E-state index < -0.39 is 0 Å². The summed E-state index contributed by atoms with van der Waals surface area (Å²) in [6.07, 6.45) is 4.52. The van der Waals surface area contributed by atoms with E-state index in [4.69, 9.17) is 4.42 Å². The predicted molar refractivity (Wildman–Crippen MR) is 125 cm³/mol. The zero-order chi connectivity index (χ0) is 19.3. The summed E-state index contributed by atoms with van der Waals surface area (Å²) < 4.78 is 5.22. The lowest BCUT2D eigenvalue weighted by Gasteiger charge is -2.36. The Balaban J connectivity index is 0.00000240. The number of nitrogens with zero attached hydrogens (tertiary/aromatic N) is 3. The first-order chi connectivity index (χ1) is 13.8. The number of hydrogen-bond acceptors (Lipinski definition) is 3. The summed E-state index contributed by atoms with van der Waals surface area (Å²) in [4.78, 5) is 24.1. The number of fused-ring (bicyclic) bond motifs is 1. The van der Waals surface area contributed by atoms with Crippen molar-refractivity contribution in [1.82, 2.24) is 20.1 Å². The second kappa shape index (κ2) is 9.82. The van der Waals surface area contributed by atoms with E-state index >= 15 is 0 Å². The van der Waals surface area contributed by atoms with Gasteiger partial charge in [0.05, 0.1) is 6.26 Å². The first-order valence-corrected chi connectivity index (χ1v) is 9.59. The van der Waals surface area contributed by atoms with Crippen molar-refractivity contribution < 1.29 is 9.21 Å². The Morgan fingerprint density at radius 2 is 1.90 bits per heavy atom. The van der Waals surface area contributed by atoms with E-state index in [0.29, 0.717) is 18.8 Å². The zero-order valence-corrected chi connectivity index (χ0v) is 18.8. The Morgan fingerprint density at radius 1 is 1.14 bits per heavy atom. The van der Waals surface area contributed by atoms with Gasteiger partial charge in [0.1, 0.15) is 0 Å². The highest BCUT2D eigenvalue weighted by Gasteiger charge is 2.25. The third-order valence-electron chi connectivity index (χ3n) is 5.16. The summed E-state index contributed by atoms with van der Waals surface area (Å²) in [6, 6.07) is 11.8. The van der Waals surface area contributed by atoms with Gasteiger partial charge in [-0.2, -0.15) is 0 Å². The number of rotatable bonds is 4. The molecule has 8 heteroatoms. The molecule has 2 aromatic heterocycles. The predicted octanol–water partition coefficient (Wildman–Crippen LogP) is 2.95. The molecule has 0 spiro atoms. The van der Waals surface area contributed by atoms with Gasteiger partial charge in [-0.05, 0) is 30.2 Å². The molecule has 1 saturated heterocycles. The minimum atomic E-state index is -0.0491. The van der Waals surface area contributed by atoms with E-state index in [1.54, 1.807) is 19.2 Å².